The first kappa shape index (κ1) is 11.9. The molecule has 0 radical (unpaired) electrons. The molecule has 1 heteroatoms. The van der Waals surface area contributed by atoms with E-state index in [0.717, 1.165) is 5.92 Å². The quantitative estimate of drug-likeness (QED) is 0.509. The predicted molar refractivity (Wildman–Crippen MR) is 67.6 cm³/mol. The van der Waals surface area contributed by atoms with Gasteiger partial charge in [0.2, 0.25) is 0 Å². The Labute approximate surface area is 93.9 Å². The van der Waals surface area contributed by atoms with Gasteiger partial charge in [-0.3, -0.25) is 0 Å². The fourth-order valence-corrected chi connectivity index (χ4v) is 2.54. The van der Waals surface area contributed by atoms with Crippen molar-refractivity contribution in [2.24, 2.45) is 11.8 Å². The molecule has 1 saturated carbocycles. The molecule has 1 unspecified atom stereocenters. The molecule has 0 aromatic heterocycles. The summed E-state index contributed by atoms with van der Waals surface area (Å²) in [6.07, 6.45) is 11.6. The third-order valence-corrected chi connectivity index (χ3v) is 3.68. The van der Waals surface area contributed by atoms with E-state index in [4.69, 9.17) is 0 Å². The summed E-state index contributed by atoms with van der Waals surface area (Å²) in [6, 6.07) is 0. The molecular formula is C13H22S. The van der Waals surface area contributed by atoms with Gasteiger partial charge in [-0.05, 0) is 37.5 Å². The molecule has 1 rings (SSSR count). The van der Waals surface area contributed by atoms with Crippen molar-refractivity contribution in [2.75, 3.05) is 0 Å². The van der Waals surface area contributed by atoms with E-state index < -0.39 is 0 Å². The molecule has 0 nitrogen and oxygen atoms in total. The van der Waals surface area contributed by atoms with Crippen molar-refractivity contribution in [1.82, 2.24) is 0 Å². The highest BCUT2D eigenvalue weighted by molar-refractivity contribution is 7.83. The number of thiol groups is 1. The third kappa shape index (κ3) is 3.53. The van der Waals surface area contributed by atoms with E-state index >= 15 is 0 Å². The van der Waals surface area contributed by atoms with Crippen LogP contribution < -0.4 is 0 Å². The summed E-state index contributed by atoms with van der Waals surface area (Å²) in [6.45, 7) is 4.29. The van der Waals surface area contributed by atoms with E-state index in [1.807, 2.05) is 5.41 Å². The van der Waals surface area contributed by atoms with Gasteiger partial charge in [0.1, 0.15) is 0 Å². The second-order valence-corrected chi connectivity index (χ2v) is 4.65. The topological polar surface area (TPSA) is 0 Å². The largest absolute Gasteiger partial charge is 0.151 e. The van der Waals surface area contributed by atoms with Crippen LogP contribution in [-0.4, -0.2) is 0 Å². The molecule has 14 heavy (non-hydrogen) atoms. The Morgan fingerprint density at radius 3 is 2.57 bits per heavy atom. The molecular weight excluding hydrogens is 188 g/mol. The van der Waals surface area contributed by atoms with Gasteiger partial charge in [0.05, 0.1) is 0 Å². The van der Waals surface area contributed by atoms with Gasteiger partial charge < -0.3 is 0 Å². The lowest BCUT2D eigenvalue weighted by Crippen LogP contribution is -2.05. The average molecular weight is 210 g/mol. The normalized spacial score (nSPS) is 22.1. The Morgan fingerprint density at radius 1 is 1.43 bits per heavy atom. The second-order valence-electron chi connectivity index (χ2n) is 4.39. The summed E-state index contributed by atoms with van der Waals surface area (Å²) in [5.41, 5.74) is 1.40. The monoisotopic (exact) mass is 210 g/mol. The maximum Gasteiger partial charge on any atom is -0.00154 e. The number of allylic oxidation sites excluding steroid dienone is 3. The first-order chi connectivity index (χ1) is 6.77. The highest BCUT2D eigenvalue weighted by Crippen LogP contribution is 2.33. The lowest BCUT2D eigenvalue weighted by Gasteiger charge is -2.17. The Hall–Kier alpha value is -0.170. The van der Waals surface area contributed by atoms with E-state index in [9.17, 15) is 0 Å². The molecule has 0 N–H and O–H groups in total. The van der Waals surface area contributed by atoms with Crippen molar-refractivity contribution in [3.05, 3.63) is 23.1 Å². The molecule has 1 fully saturated rings. The van der Waals surface area contributed by atoms with E-state index in [0.29, 0.717) is 5.92 Å². The standard InChI is InChI=1S/C13H22S/c1-3-6-13(11(2)10-14)9-12-7-4-5-8-12/h3,6,10,12-14H,4-5,7-9H2,1-2H3/b6-3+,11-10+. The van der Waals surface area contributed by atoms with Crippen LogP contribution in [0.25, 0.3) is 0 Å². The molecule has 1 aliphatic rings. The number of hydrogen-bond donors (Lipinski definition) is 1. The van der Waals surface area contributed by atoms with E-state index in [1.54, 1.807) is 0 Å². The molecule has 0 aromatic rings. The fourth-order valence-electron chi connectivity index (χ4n) is 2.35. The van der Waals surface area contributed by atoms with Gasteiger partial charge in [-0.1, -0.05) is 43.4 Å². The summed E-state index contributed by atoms with van der Waals surface area (Å²) in [4.78, 5) is 0. The minimum absolute atomic E-state index is 0.626. The van der Waals surface area contributed by atoms with Gasteiger partial charge in [0.25, 0.3) is 0 Å². The van der Waals surface area contributed by atoms with E-state index in [2.05, 4.69) is 38.6 Å². The third-order valence-electron chi connectivity index (χ3n) is 3.28. The SMILES string of the molecule is C/C=C/C(CC1CCCC1)/C(C)=C/S. The zero-order valence-electron chi connectivity index (χ0n) is 9.37. The molecule has 80 valence electrons. The van der Waals surface area contributed by atoms with Crippen LogP contribution in [0.4, 0.5) is 0 Å². The zero-order valence-corrected chi connectivity index (χ0v) is 10.3. The highest BCUT2D eigenvalue weighted by atomic mass is 32.1. The molecule has 0 aliphatic heterocycles. The van der Waals surface area contributed by atoms with Crippen molar-refractivity contribution in [2.45, 2.75) is 46.0 Å². The summed E-state index contributed by atoms with van der Waals surface area (Å²) >= 11 is 4.25. The maximum atomic E-state index is 4.25. The van der Waals surface area contributed by atoms with Gasteiger partial charge in [-0.25, -0.2) is 0 Å². The first-order valence-electron chi connectivity index (χ1n) is 5.71. The van der Waals surface area contributed by atoms with Crippen LogP contribution in [0.1, 0.15) is 46.0 Å². The van der Waals surface area contributed by atoms with Crippen LogP contribution in [0.2, 0.25) is 0 Å². The van der Waals surface area contributed by atoms with Crippen molar-refractivity contribution in [3.8, 4) is 0 Å². The van der Waals surface area contributed by atoms with Gasteiger partial charge in [-0.15, -0.1) is 0 Å². The summed E-state index contributed by atoms with van der Waals surface area (Å²) in [5, 5.41) is 1.96. The zero-order chi connectivity index (χ0) is 10.4. The number of hydrogen-bond acceptors (Lipinski definition) is 1. The Morgan fingerprint density at radius 2 is 2.07 bits per heavy atom. The van der Waals surface area contributed by atoms with Crippen LogP contribution in [0, 0.1) is 11.8 Å². The van der Waals surface area contributed by atoms with Crippen LogP contribution in [0.5, 0.6) is 0 Å². The highest BCUT2D eigenvalue weighted by Gasteiger charge is 2.19. The Bertz CT molecular complexity index is 209. The molecule has 1 atom stereocenters. The minimum Gasteiger partial charge on any atom is -0.151 e. The van der Waals surface area contributed by atoms with Crippen LogP contribution in [0.3, 0.4) is 0 Å². The Balaban J connectivity index is 2.50. The molecule has 0 spiro atoms. The van der Waals surface area contributed by atoms with E-state index in [-0.39, 0.29) is 0 Å². The van der Waals surface area contributed by atoms with Crippen LogP contribution in [0.15, 0.2) is 23.1 Å². The lowest BCUT2D eigenvalue weighted by molar-refractivity contribution is 0.455. The van der Waals surface area contributed by atoms with Gasteiger partial charge in [0.15, 0.2) is 0 Å². The second kappa shape index (κ2) is 6.34. The Kier molecular flexibility index (Phi) is 5.39. The van der Waals surface area contributed by atoms with Crippen LogP contribution >= 0.6 is 12.6 Å². The molecule has 0 bridgehead atoms. The summed E-state index contributed by atoms with van der Waals surface area (Å²) in [5.74, 6) is 1.58. The average Bonchev–Trinajstić information content (AvgIpc) is 2.68. The van der Waals surface area contributed by atoms with Crippen LogP contribution in [-0.2, 0) is 0 Å². The predicted octanol–water partition coefficient (Wildman–Crippen LogP) is 4.59. The molecule has 0 aromatic carbocycles. The lowest BCUT2D eigenvalue weighted by atomic mass is 9.89. The number of rotatable bonds is 4. The van der Waals surface area contributed by atoms with Crippen molar-refractivity contribution < 1.29 is 0 Å². The summed E-state index contributed by atoms with van der Waals surface area (Å²) in [7, 11) is 0. The van der Waals surface area contributed by atoms with Crippen molar-refractivity contribution in [3.63, 3.8) is 0 Å². The molecule has 1 aliphatic carbocycles. The minimum atomic E-state index is 0.626. The van der Waals surface area contributed by atoms with Gasteiger partial charge in [-0.2, -0.15) is 12.6 Å². The smallest absolute Gasteiger partial charge is 0.00154 e. The van der Waals surface area contributed by atoms with Gasteiger partial charge in [0, 0.05) is 0 Å². The van der Waals surface area contributed by atoms with Crippen molar-refractivity contribution >= 4 is 12.6 Å². The van der Waals surface area contributed by atoms with Crippen molar-refractivity contribution in [1.29, 1.82) is 0 Å². The summed E-state index contributed by atoms with van der Waals surface area (Å²) < 4.78 is 0. The molecule has 0 amide bonds. The fraction of sp³-hybridized carbons (Fsp3) is 0.692. The maximum absolute atomic E-state index is 4.25. The molecule has 0 saturated heterocycles. The first-order valence-corrected chi connectivity index (χ1v) is 6.23. The van der Waals surface area contributed by atoms with E-state index in [1.165, 1.54) is 37.7 Å². The van der Waals surface area contributed by atoms with Gasteiger partial charge >= 0.3 is 0 Å². The molecule has 0 heterocycles.